The number of nitrogens with zero attached hydrogens (tertiary/aromatic N) is 1. The summed E-state index contributed by atoms with van der Waals surface area (Å²) in [6, 6.07) is 23.6. The molecule has 0 unspecified atom stereocenters. The zero-order valence-corrected chi connectivity index (χ0v) is 21.3. The number of para-hydroxylation sites is 1. The molecule has 1 atom stereocenters. The topological polar surface area (TPSA) is 58.6 Å². The predicted octanol–water partition coefficient (Wildman–Crippen LogP) is 5.93. The Kier molecular flexibility index (Phi) is 10.5. The average Bonchev–Trinajstić information content (AvgIpc) is 2.87. The zero-order chi connectivity index (χ0) is 25.0. The normalized spacial score (nSPS) is 11.5. The van der Waals surface area contributed by atoms with Gasteiger partial charge in [0.15, 0.2) is 0 Å². The van der Waals surface area contributed by atoms with Crippen LogP contribution in [0.3, 0.4) is 0 Å². The Morgan fingerprint density at radius 1 is 0.914 bits per heavy atom. The van der Waals surface area contributed by atoms with Crippen LogP contribution in [0.1, 0.15) is 30.9 Å². The van der Waals surface area contributed by atoms with E-state index in [0.29, 0.717) is 41.6 Å². The van der Waals surface area contributed by atoms with Gasteiger partial charge in [0, 0.05) is 41.5 Å². The summed E-state index contributed by atoms with van der Waals surface area (Å²) in [5.41, 5.74) is 1.58. The van der Waals surface area contributed by atoms with E-state index < -0.39 is 6.04 Å². The van der Waals surface area contributed by atoms with Crippen molar-refractivity contribution >= 4 is 35.0 Å². The maximum atomic E-state index is 13.5. The summed E-state index contributed by atoms with van der Waals surface area (Å²) in [6.45, 7) is 2.84. The fourth-order valence-electron chi connectivity index (χ4n) is 3.77. The van der Waals surface area contributed by atoms with Crippen LogP contribution in [0, 0.1) is 0 Å². The number of carbonyl (C=O) groups excluding carboxylic acids is 2. The van der Waals surface area contributed by atoms with Gasteiger partial charge in [0.2, 0.25) is 11.8 Å². The van der Waals surface area contributed by atoms with Gasteiger partial charge in [-0.2, -0.15) is 0 Å². The van der Waals surface area contributed by atoms with Gasteiger partial charge in [-0.05, 0) is 43.2 Å². The van der Waals surface area contributed by atoms with Gasteiger partial charge in [-0.15, -0.1) is 0 Å². The molecule has 0 saturated heterocycles. The molecule has 5 nitrogen and oxygen atoms in total. The third-order valence-corrected chi connectivity index (χ3v) is 6.27. The van der Waals surface area contributed by atoms with Crippen molar-refractivity contribution in [1.82, 2.24) is 10.2 Å². The molecule has 184 valence electrons. The lowest BCUT2D eigenvalue weighted by atomic mass is 10.0. The summed E-state index contributed by atoms with van der Waals surface area (Å²) in [6.07, 6.45) is 1.11. The Morgan fingerprint density at radius 3 is 2.17 bits per heavy atom. The molecule has 0 saturated carbocycles. The Bertz CT molecular complexity index is 1070. The van der Waals surface area contributed by atoms with Gasteiger partial charge in [-0.3, -0.25) is 9.59 Å². The van der Waals surface area contributed by atoms with Gasteiger partial charge < -0.3 is 15.0 Å². The number of rotatable bonds is 12. The van der Waals surface area contributed by atoms with Crippen LogP contribution < -0.4 is 10.1 Å². The number of nitrogens with one attached hydrogen (secondary N) is 1. The molecule has 0 bridgehead atoms. The van der Waals surface area contributed by atoms with Crippen molar-refractivity contribution in [3.63, 3.8) is 0 Å². The maximum Gasteiger partial charge on any atom is 0.243 e. The third kappa shape index (κ3) is 8.01. The molecule has 3 aromatic carbocycles. The summed E-state index contributed by atoms with van der Waals surface area (Å²) in [7, 11) is 0. The quantitative estimate of drug-likeness (QED) is 0.306. The summed E-state index contributed by atoms with van der Waals surface area (Å²) < 4.78 is 5.74. The molecular formula is C28H30Cl2N2O3. The summed E-state index contributed by atoms with van der Waals surface area (Å²) in [5, 5.41) is 3.79. The van der Waals surface area contributed by atoms with E-state index in [-0.39, 0.29) is 24.8 Å². The molecule has 3 aromatic rings. The number of carbonyl (C=O) groups is 2. The van der Waals surface area contributed by atoms with Crippen molar-refractivity contribution in [3.8, 4) is 5.75 Å². The van der Waals surface area contributed by atoms with Crippen LogP contribution in [-0.4, -0.2) is 35.9 Å². The van der Waals surface area contributed by atoms with Gasteiger partial charge in [-0.25, -0.2) is 0 Å². The minimum atomic E-state index is -0.716. The molecule has 0 aliphatic rings. The first-order chi connectivity index (χ1) is 17.0. The highest BCUT2D eigenvalue weighted by atomic mass is 35.5. The highest BCUT2D eigenvalue weighted by Crippen LogP contribution is 2.27. The van der Waals surface area contributed by atoms with Crippen LogP contribution in [-0.2, 0) is 22.6 Å². The Labute approximate surface area is 217 Å². The van der Waals surface area contributed by atoms with Gasteiger partial charge in [0.05, 0.1) is 6.61 Å². The summed E-state index contributed by atoms with van der Waals surface area (Å²) >= 11 is 12.9. The molecule has 0 fully saturated rings. The smallest absolute Gasteiger partial charge is 0.243 e. The van der Waals surface area contributed by atoms with E-state index in [1.165, 1.54) is 0 Å². The lowest BCUT2D eigenvalue weighted by Crippen LogP contribution is -2.50. The van der Waals surface area contributed by atoms with Crippen molar-refractivity contribution in [2.75, 3.05) is 13.2 Å². The van der Waals surface area contributed by atoms with E-state index in [9.17, 15) is 9.59 Å². The first-order valence-electron chi connectivity index (χ1n) is 11.7. The van der Waals surface area contributed by atoms with Crippen LogP contribution in [0.2, 0.25) is 10.0 Å². The second-order valence-electron chi connectivity index (χ2n) is 8.09. The number of ether oxygens (including phenoxy) is 1. The third-order valence-electron chi connectivity index (χ3n) is 5.56. The number of likely N-dealkylation sites (N-methyl/N-ethyl adjacent to an activating group) is 1. The molecule has 2 amide bonds. The van der Waals surface area contributed by atoms with Crippen LogP contribution >= 0.6 is 23.2 Å². The Morgan fingerprint density at radius 2 is 1.54 bits per heavy atom. The molecule has 7 heteroatoms. The minimum absolute atomic E-state index is 0.130. The van der Waals surface area contributed by atoms with Crippen molar-refractivity contribution in [2.45, 2.75) is 38.8 Å². The van der Waals surface area contributed by atoms with Gasteiger partial charge >= 0.3 is 0 Å². The number of benzene rings is 3. The molecule has 35 heavy (non-hydrogen) atoms. The van der Waals surface area contributed by atoms with Gasteiger partial charge in [0.1, 0.15) is 11.8 Å². The fraction of sp³-hybridized carbons (Fsp3) is 0.286. The average molecular weight is 513 g/mol. The Balaban J connectivity index is 1.82. The van der Waals surface area contributed by atoms with Gasteiger partial charge in [0.25, 0.3) is 0 Å². The highest BCUT2D eigenvalue weighted by molar-refractivity contribution is 6.36. The van der Waals surface area contributed by atoms with E-state index in [2.05, 4.69) is 5.32 Å². The second kappa shape index (κ2) is 13.8. The standard InChI is InChI=1S/C28H30Cl2N2O3/c1-2-31-28(34)26(19-21-11-5-3-6-12-21)32(20-23-24(29)15-9-16-25(23)30)27(33)17-10-18-35-22-13-7-4-8-14-22/h3-9,11-16,26H,2,10,17-20H2,1H3,(H,31,34)/t26-/m1/s1. The Hall–Kier alpha value is -3.02. The van der Waals surface area contributed by atoms with E-state index in [1.54, 1.807) is 23.1 Å². The monoisotopic (exact) mass is 512 g/mol. The number of amides is 2. The SMILES string of the molecule is CCNC(=O)[C@@H](Cc1ccccc1)N(Cc1c(Cl)cccc1Cl)C(=O)CCCOc1ccccc1. The molecule has 0 aromatic heterocycles. The molecule has 1 N–H and O–H groups in total. The number of hydrogen-bond acceptors (Lipinski definition) is 3. The summed E-state index contributed by atoms with van der Waals surface area (Å²) in [5.74, 6) is 0.377. The number of hydrogen-bond donors (Lipinski definition) is 1. The van der Waals surface area contributed by atoms with Crippen molar-refractivity contribution in [1.29, 1.82) is 0 Å². The van der Waals surface area contributed by atoms with E-state index in [0.717, 1.165) is 11.3 Å². The van der Waals surface area contributed by atoms with E-state index >= 15 is 0 Å². The minimum Gasteiger partial charge on any atom is -0.494 e. The summed E-state index contributed by atoms with van der Waals surface area (Å²) in [4.78, 5) is 28.3. The largest absolute Gasteiger partial charge is 0.494 e. The van der Waals surface area contributed by atoms with Crippen LogP contribution in [0.4, 0.5) is 0 Å². The molecule has 0 heterocycles. The fourth-order valence-corrected chi connectivity index (χ4v) is 4.29. The highest BCUT2D eigenvalue weighted by Gasteiger charge is 2.30. The van der Waals surface area contributed by atoms with Crippen molar-refractivity contribution in [2.24, 2.45) is 0 Å². The first kappa shape index (κ1) is 26.6. The van der Waals surface area contributed by atoms with E-state index in [4.69, 9.17) is 27.9 Å². The predicted molar refractivity (Wildman–Crippen MR) is 141 cm³/mol. The lowest BCUT2D eigenvalue weighted by Gasteiger charge is -2.32. The molecule has 3 rings (SSSR count). The zero-order valence-electron chi connectivity index (χ0n) is 19.8. The van der Waals surface area contributed by atoms with Crippen molar-refractivity contribution < 1.29 is 14.3 Å². The molecule has 0 spiro atoms. The van der Waals surface area contributed by atoms with E-state index in [1.807, 2.05) is 67.6 Å². The van der Waals surface area contributed by atoms with Crippen LogP contribution in [0.15, 0.2) is 78.9 Å². The van der Waals surface area contributed by atoms with Crippen LogP contribution in [0.5, 0.6) is 5.75 Å². The molecule has 0 aliphatic carbocycles. The molecular weight excluding hydrogens is 483 g/mol. The van der Waals surface area contributed by atoms with Gasteiger partial charge in [-0.1, -0.05) is 77.8 Å². The number of halogens is 2. The first-order valence-corrected chi connectivity index (χ1v) is 12.5. The van der Waals surface area contributed by atoms with Crippen molar-refractivity contribution in [3.05, 3.63) is 100 Å². The van der Waals surface area contributed by atoms with Crippen LogP contribution in [0.25, 0.3) is 0 Å². The molecule has 0 aliphatic heterocycles. The maximum absolute atomic E-state index is 13.5. The molecule has 0 radical (unpaired) electrons. The second-order valence-corrected chi connectivity index (χ2v) is 8.90. The lowest BCUT2D eigenvalue weighted by molar-refractivity contribution is -0.141.